The third-order valence-corrected chi connectivity index (χ3v) is 3.81. The Morgan fingerprint density at radius 3 is 2.48 bits per heavy atom. The van der Waals surface area contributed by atoms with E-state index in [0.29, 0.717) is 11.3 Å². The summed E-state index contributed by atoms with van der Waals surface area (Å²) in [5.74, 6) is -1.53. The summed E-state index contributed by atoms with van der Waals surface area (Å²) in [6, 6.07) is 6.95. The van der Waals surface area contributed by atoms with Gasteiger partial charge in [-0.2, -0.15) is 5.10 Å². The molecule has 1 heterocycles. The number of carboxylic acids is 1. The molecule has 1 aromatic heterocycles. The van der Waals surface area contributed by atoms with Crippen LogP contribution >= 0.6 is 11.6 Å². The largest absolute Gasteiger partial charge is 0.479 e. The second-order valence-corrected chi connectivity index (χ2v) is 5.91. The molecule has 6 nitrogen and oxygen atoms in total. The van der Waals surface area contributed by atoms with E-state index in [4.69, 9.17) is 11.6 Å². The number of carboxylic acid groups (broad SMARTS) is 1. The van der Waals surface area contributed by atoms with Crippen LogP contribution in [0, 0.1) is 0 Å². The maximum Gasteiger partial charge on any atom is 0.330 e. The van der Waals surface area contributed by atoms with Crippen LogP contribution in [0.1, 0.15) is 47.6 Å². The summed E-state index contributed by atoms with van der Waals surface area (Å²) in [6.07, 6.45) is 0. The lowest BCUT2D eigenvalue weighted by atomic mass is 10.1. The summed E-state index contributed by atoms with van der Waals surface area (Å²) >= 11 is 6.04. The third-order valence-electron chi connectivity index (χ3n) is 3.46. The molecule has 1 atom stereocenters. The zero-order chi connectivity index (χ0) is 17.1. The minimum Gasteiger partial charge on any atom is -0.479 e. The van der Waals surface area contributed by atoms with Gasteiger partial charge in [0.05, 0.1) is 5.69 Å². The van der Waals surface area contributed by atoms with E-state index in [1.54, 1.807) is 37.4 Å². The van der Waals surface area contributed by atoms with E-state index in [9.17, 15) is 14.7 Å². The molecule has 0 saturated heterocycles. The number of nitrogens with zero attached hydrogens (tertiary/aromatic N) is 2. The van der Waals surface area contributed by atoms with Crippen molar-refractivity contribution in [2.24, 2.45) is 7.05 Å². The topological polar surface area (TPSA) is 84.2 Å². The van der Waals surface area contributed by atoms with Crippen LogP contribution in [0.4, 0.5) is 0 Å². The van der Waals surface area contributed by atoms with Crippen LogP contribution in [0.15, 0.2) is 30.3 Å². The first-order chi connectivity index (χ1) is 10.8. The maximum absolute atomic E-state index is 12.4. The predicted molar refractivity (Wildman–Crippen MR) is 86.6 cm³/mol. The first-order valence-corrected chi connectivity index (χ1v) is 7.51. The van der Waals surface area contributed by atoms with Crippen molar-refractivity contribution in [1.82, 2.24) is 15.1 Å². The third kappa shape index (κ3) is 3.71. The molecule has 0 bridgehead atoms. The Hall–Kier alpha value is -2.34. The second kappa shape index (κ2) is 6.83. The Bertz CT molecular complexity index is 740. The fourth-order valence-corrected chi connectivity index (χ4v) is 2.42. The Kier molecular flexibility index (Phi) is 5.05. The highest BCUT2D eigenvalue weighted by Crippen LogP contribution is 2.23. The number of hydrogen-bond acceptors (Lipinski definition) is 3. The van der Waals surface area contributed by atoms with E-state index in [2.05, 4.69) is 10.4 Å². The van der Waals surface area contributed by atoms with Crippen LogP contribution in [0.2, 0.25) is 5.02 Å². The normalized spacial score (nSPS) is 12.2. The molecule has 23 heavy (non-hydrogen) atoms. The lowest BCUT2D eigenvalue weighted by Gasteiger charge is -2.16. The van der Waals surface area contributed by atoms with Gasteiger partial charge in [0.15, 0.2) is 6.04 Å². The molecule has 2 N–H and O–H groups in total. The van der Waals surface area contributed by atoms with E-state index in [0.717, 1.165) is 5.69 Å². The van der Waals surface area contributed by atoms with Gasteiger partial charge in [-0.05, 0) is 18.1 Å². The van der Waals surface area contributed by atoms with Crippen LogP contribution in [0.5, 0.6) is 0 Å². The van der Waals surface area contributed by atoms with Crippen LogP contribution in [-0.4, -0.2) is 26.8 Å². The van der Waals surface area contributed by atoms with Crippen molar-refractivity contribution >= 4 is 23.5 Å². The smallest absolute Gasteiger partial charge is 0.330 e. The molecule has 1 aromatic carbocycles. The van der Waals surface area contributed by atoms with Gasteiger partial charge in [-0.3, -0.25) is 9.48 Å². The zero-order valence-corrected chi connectivity index (χ0v) is 13.8. The van der Waals surface area contributed by atoms with Gasteiger partial charge >= 0.3 is 5.97 Å². The summed E-state index contributed by atoms with van der Waals surface area (Å²) < 4.78 is 1.44. The number of halogens is 1. The van der Waals surface area contributed by atoms with Gasteiger partial charge in [0, 0.05) is 17.6 Å². The van der Waals surface area contributed by atoms with Gasteiger partial charge in [-0.15, -0.1) is 0 Å². The molecular weight excluding hydrogens is 318 g/mol. The van der Waals surface area contributed by atoms with Crippen LogP contribution in [0.25, 0.3) is 0 Å². The van der Waals surface area contributed by atoms with Gasteiger partial charge in [-0.25, -0.2) is 4.79 Å². The molecule has 0 spiro atoms. The van der Waals surface area contributed by atoms with Crippen molar-refractivity contribution in [1.29, 1.82) is 0 Å². The monoisotopic (exact) mass is 335 g/mol. The van der Waals surface area contributed by atoms with Gasteiger partial charge < -0.3 is 10.4 Å². The molecule has 0 fully saturated rings. The molecule has 0 saturated carbocycles. The lowest BCUT2D eigenvalue weighted by Crippen LogP contribution is -2.34. The quantitative estimate of drug-likeness (QED) is 0.880. The molecule has 122 valence electrons. The SMILES string of the molecule is CC(C)c1cc(C(=O)N[C@@H](C(=O)O)c2ccccc2Cl)n(C)n1. The molecule has 0 aliphatic heterocycles. The van der Waals surface area contributed by atoms with E-state index < -0.39 is 17.9 Å². The molecule has 0 aliphatic carbocycles. The summed E-state index contributed by atoms with van der Waals surface area (Å²) in [7, 11) is 1.64. The van der Waals surface area contributed by atoms with Gasteiger partial charge in [0.1, 0.15) is 5.69 Å². The lowest BCUT2D eigenvalue weighted by molar-refractivity contribution is -0.139. The van der Waals surface area contributed by atoms with Crippen molar-refractivity contribution in [3.63, 3.8) is 0 Å². The molecule has 0 aliphatic rings. The van der Waals surface area contributed by atoms with E-state index in [1.807, 2.05) is 13.8 Å². The zero-order valence-electron chi connectivity index (χ0n) is 13.1. The molecule has 1 amide bonds. The van der Waals surface area contributed by atoms with Crippen LogP contribution in [-0.2, 0) is 11.8 Å². The standard InChI is InChI=1S/C16H18ClN3O3/c1-9(2)12-8-13(20(3)19-12)15(21)18-14(16(22)23)10-6-4-5-7-11(10)17/h4-9,14H,1-3H3,(H,18,21)(H,22,23)/t14-/m1/s1. The number of rotatable bonds is 5. The number of nitrogens with one attached hydrogen (secondary N) is 1. The number of hydrogen-bond donors (Lipinski definition) is 2. The second-order valence-electron chi connectivity index (χ2n) is 5.50. The van der Waals surface area contributed by atoms with Crippen LogP contribution < -0.4 is 5.32 Å². The molecule has 7 heteroatoms. The molecular formula is C16H18ClN3O3. The average Bonchev–Trinajstić information content (AvgIpc) is 2.87. The fourth-order valence-electron chi connectivity index (χ4n) is 2.17. The number of carbonyl (C=O) groups excluding carboxylic acids is 1. The number of aliphatic carboxylic acids is 1. The van der Waals surface area contributed by atoms with Crippen LogP contribution in [0.3, 0.4) is 0 Å². The Balaban J connectivity index is 2.29. The van der Waals surface area contributed by atoms with Crippen molar-refractivity contribution in [2.75, 3.05) is 0 Å². The van der Waals surface area contributed by atoms with Crippen molar-refractivity contribution < 1.29 is 14.7 Å². The minimum atomic E-state index is -1.23. The number of benzene rings is 1. The molecule has 0 radical (unpaired) electrons. The highest BCUT2D eigenvalue weighted by atomic mass is 35.5. The first kappa shape index (κ1) is 17.0. The Morgan fingerprint density at radius 1 is 1.30 bits per heavy atom. The highest BCUT2D eigenvalue weighted by molar-refractivity contribution is 6.31. The van der Waals surface area contributed by atoms with E-state index in [1.165, 1.54) is 4.68 Å². The number of amides is 1. The van der Waals surface area contributed by atoms with Gasteiger partial charge in [0.25, 0.3) is 5.91 Å². The van der Waals surface area contributed by atoms with E-state index >= 15 is 0 Å². The van der Waals surface area contributed by atoms with Crippen molar-refractivity contribution in [3.05, 3.63) is 52.3 Å². The first-order valence-electron chi connectivity index (χ1n) is 7.13. The van der Waals surface area contributed by atoms with Crippen molar-refractivity contribution in [3.8, 4) is 0 Å². The minimum absolute atomic E-state index is 0.168. The van der Waals surface area contributed by atoms with E-state index in [-0.39, 0.29) is 10.9 Å². The summed E-state index contributed by atoms with van der Waals surface area (Å²) in [5, 5.41) is 16.5. The average molecular weight is 336 g/mol. The fraction of sp³-hybridized carbons (Fsp3) is 0.312. The highest BCUT2D eigenvalue weighted by Gasteiger charge is 2.26. The number of carbonyl (C=O) groups is 2. The predicted octanol–water partition coefficient (Wildman–Crippen LogP) is 2.75. The van der Waals surface area contributed by atoms with Crippen molar-refractivity contribution in [2.45, 2.75) is 25.8 Å². The number of aryl methyl sites for hydroxylation is 1. The molecule has 2 rings (SSSR count). The molecule has 2 aromatic rings. The maximum atomic E-state index is 12.4. The Labute approximate surface area is 139 Å². The summed E-state index contributed by atoms with van der Waals surface area (Å²) in [6.45, 7) is 3.93. The number of aromatic nitrogens is 2. The van der Waals surface area contributed by atoms with Gasteiger partial charge in [-0.1, -0.05) is 43.6 Å². The summed E-state index contributed by atoms with van der Waals surface area (Å²) in [5.41, 5.74) is 1.40. The Morgan fingerprint density at radius 2 is 1.96 bits per heavy atom. The molecule has 0 unspecified atom stereocenters. The summed E-state index contributed by atoms with van der Waals surface area (Å²) in [4.78, 5) is 23.9. The van der Waals surface area contributed by atoms with Gasteiger partial charge in [0.2, 0.25) is 0 Å².